The summed E-state index contributed by atoms with van der Waals surface area (Å²) in [6.07, 6.45) is 7.53. The molecule has 5 nitrogen and oxygen atoms in total. The molecule has 0 unspecified atom stereocenters. The highest BCUT2D eigenvalue weighted by Gasteiger charge is 2.13. The molecular weight excluding hydrogens is 288 g/mol. The number of aromatic nitrogens is 2. The van der Waals surface area contributed by atoms with E-state index in [0.717, 1.165) is 11.5 Å². The average molecular weight is 310 g/mol. The van der Waals surface area contributed by atoms with E-state index in [-0.39, 0.29) is 5.91 Å². The van der Waals surface area contributed by atoms with Crippen molar-refractivity contribution in [1.29, 1.82) is 0 Å². The van der Waals surface area contributed by atoms with Crippen molar-refractivity contribution in [3.8, 4) is 0 Å². The molecular formula is C18H22N4O. The zero-order valence-electron chi connectivity index (χ0n) is 13.2. The molecule has 5 heteroatoms. The van der Waals surface area contributed by atoms with Crippen LogP contribution in [0.5, 0.6) is 0 Å². The van der Waals surface area contributed by atoms with E-state index in [1.54, 1.807) is 6.07 Å². The Morgan fingerprint density at radius 3 is 2.30 bits per heavy atom. The minimum atomic E-state index is -0.246. The number of hydrogen-bond donors (Lipinski definition) is 2. The van der Waals surface area contributed by atoms with Crippen LogP contribution in [0.25, 0.3) is 0 Å². The summed E-state index contributed by atoms with van der Waals surface area (Å²) in [7, 11) is 0. The van der Waals surface area contributed by atoms with Crippen molar-refractivity contribution in [2.24, 2.45) is 0 Å². The molecule has 2 aromatic rings. The van der Waals surface area contributed by atoms with E-state index in [9.17, 15) is 4.79 Å². The fourth-order valence-corrected chi connectivity index (χ4v) is 2.88. The van der Waals surface area contributed by atoms with Gasteiger partial charge in [-0.25, -0.2) is 0 Å². The topological polar surface area (TPSA) is 66.9 Å². The molecule has 1 aromatic carbocycles. The van der Waals surface area contributed by atoms with Crippen LogP contribution in [-0.2, 0) is 0 Å². The molecule has 0 bridgehead atoms. The Balaban J connectivity index is 1.59. The Bertz CT molecular complexity index is 619. The van der Waals surface area contributed by atoms with Crippen LogP contribution in [0.3, 0.4) is 0 Å². The van der Waals surface area contributed by atoms with Gasteiger partial charge >= 0.3 is 0 Å². The van der Waals surface area contributed by atoms with Gasteiger partial charge in [-0.2, -0.15) is 0 Å². The van der Waals surface area contributed by atoms with E-state index in [1.807, 2.05) is 36.4 Å². The summed E-state index contributed by atoms with van der Waals surface area (Å²) in [4.78, 5) is 12.1. The van der Waals surface area contributed by atoms with Crippen LogP contribution < -0.4 is 10.6 Å². The van der Waals surface area contributed by atoms with Crippen molar-refractivity contribution >= 4 is 17.4 Å². The summed E-state index contributed by atoms with van der Waals surface area (Å²) in [5, 5.41) is 14.4. The number of nitrogens with zero attached hydrogens (tertiary/aromatic N) is 2. The first kappa shape index (κ1) is 15.5. The Kier molecular flexibility index (Phi) is 5.19. The molecule has 0 saturated heterocycles. The summed E-state index contributed by atoms with van der Waals surface area (Å²) in [6, 6.07) is 13.4. The number of para-hydroxylation sites is 1. The minimum absolute atomic E-state index is 0.246. The number of nitrogens with one attached hydrogen (secondary N) is 2. The lowest BCUT2D eigenvalue weighted by atomic mass is 10.1. The molecule has 1 aromatic heterocycles. The highest BCUT2D eigenvalue weighted by Crippen LogP contribution is 2.20. The molecule has 23 heavy (non-hydrogen) atoms. The molecule has 120 valence electrons. The van der Waals surface area contributed by atoms with Crippen LogP contribution in [0, 0.1) is 0 Å². The SMILES string of the molecule is O=C(Nc1ccccc1)c1ccc(NC2CCCCCC2)nn1. The molecule has 0 radical (unpaired) electrons. The number of rotatable bonds is 4. The third kappa shape index (κ3) is 4.52. The van der Waals surface area contributed by atoms with Gasteiger partial charge in [0.15, 0.2) is 5.69 Å². The summed E-state index contributed by atoms with van der Waals surface area (Å²) >= 11 is 0. The van der Waals surface area contributed by atoms with Crippen LogP contribution in [0.2, 0.25) is 0 Å². The molecule has 2 N–H and O–H groups in total. The lowest BCUT2D eigenvalue weighted by molar-refractivity contribution is 0.102. The second-order valence-electron chi connectivity index (χ2n) is 5.96. The fourth-order valence-electron chi connectivity index (χ4n) is 2.88. The lowest BCUT2D eigenvalue weighted by Gasteiger charge is -2.16. The molecule has 0 atom stereocenters. The Labute approximate surface area is 136 Å². The van der Waals surface area contributed by atoms with Crippen LogP contribution in [0.4, 0.5) is 11.5 Å². The summed E-state index contributed by atoms with van der Waals surface area (Å²) in [5.74, 6) is 0.498. The van der Waals surface area contributed by atoms with Crippen molar-refractivity contribution in [3.05, 3.63) is 48.2 Å². The molecule has 1 aliphatic rings. The van der Waals surface area contributed by atoms with Gasteiger partial charge in [0.05, 0.1) is 0 Å². The molecule has 1 fully saturated rings. The molecule has 1 saturated carbocycles. The quantitative estimate of drug-likeness (QED) is 0.841. The first-order valence-electron chi connectivity index (χ1n) is 8.28. The van der Waals surface area contributed by atoms with Gasteiger partial charge in [0.25, 0.3) is 5.91 Å². The standard InChI is InChI=1S/C18H22N4O/c23-18(20-15-10-6-3-7-11-15)16-12-13-17(22-21-16)19-14-8-4-1-2-5-9-14/h3,6-7,10-14H,1-2,4-5,8-9H2,(H,19,22)(H,20,23). The minimum Gasteiger partial charge on any atom is -0.366 e. The van der Waals surface area contributed by atoms with Crippen LogP contribution >= 0.6 is 0 Å². The zero-order valence-corrected chi connectivity index (χ0v) is 13.2. The maximum Gasteiger partial charge on any atom is 0.276 e. The van der Waals surface area contributed by atoms with Gasteiger partial charge in [-0.15, -0.1) is 10.2 Å². The number of carbonyl (C=O) groups excluding carboxylic acids is 1. The van der Waals surface area contributed by atoms with E-state index in [1.165, 1.54) is 38.5 Å². The van der Waals surface area contributed by atoms with Gasteiger partial charge in [-0.1, -0.05) is 43.9 Å². The molecule has 1 aliphatic carbocycles. The third-order valence-corrected chi connectivity index (χ3v) is 4.14. The first-order valence-corrected chi connectivity index (χ1v) is 8.28. The van der Waals surface area contributed by atoms with Crippen LogP contribution in [0.15, 0.2) is 42.5 Å². The van der Waals surface area contributed by atoms with Crippen molar-refractivity contribution < 1.29 is 4.79 Å². The first-order chi connectivity index (χ1) is 11.3. The predicted molar refractivity (Wildman–Crippen MR) is 91.5 cm³/mol. The maximum absolute atomic E-state index is 12.1. The fraction of sp³-hybridized carbons (Fsp3) is 0.389. The molecule has 3 rings (SSSR count). The monoisotopic (exact) mass is 310 g/mol. The number of anilines is 2. The average Bonchev–Trinajstić information content (AvgIpc) is 2.85. The van der Waals surface area contributed by atoms with Crippen molar-refractivity contribution in [3.63, 3.8) is 0 Å². The predicted octanol–water partition coefficient (Wildman–Crippen LogP) is 3.86. The van der Waals surface area contributed by atoms with Crippen LogP contribution in [0.1, 0.15) is 49.0 Å². The van der Waals surface area contributed by atoms with Crippen molar-refractivity contribution in [2.45, 2.75) is 44.6 Å². The van der Waals surface area contributed by atoms with Gasteiger partial charge in [-0.3, -0.25) is 4.79 Å². The Morgan fingerprint density at radius 1 is 0.913 bits per heavy atom. The van der Waals surface area contributed by atoms with Gasteiger partial charge in [0.2, 0.25) is 0 Å². The molecule has 0 aliphatic heterocycles. The van der Waals surface area contributed by atoms with Crippen molar-refractivity contribution in [2.75, 3.05) is 10.6 Å². The second-order valence-corrected chi connectivity index (χ2v) is 5.96. The Morgan fingerprint density at radius 2 is 1.65 bits per heavy atom. The van der Waals surface area contributed by atoms with Crippen LogP contribution in [-0.4, -0.2) is 22.1 Å². The van der Waals surface area contributed by atoms with Gasteiger partial charge in [-0.05, 0) is 37.1 Å². The highest BCUT2D eigenvalue weighted by molar-refractivity contribution is 6.02. The van der Waals surface area contributed by atoms with E-state index >= 15 is 0 Å². The zero-order chi connectivity index (χ0) is 15.9. The maximum atomic E-state index is 12.1. The van der Waals surface area contributed by atoms with E-state index in [2.05, 4.69) is 20.8 Å². The summed E-state index contributed by atoms with van der Waals surface area (Å²) in [6.45, 7) is 0. The number of carbonyl (C=O) groups is 1. The lowest BCUT2D eigenvalue weighted by Crippen LogP contribution is -2.20. The Hall–Kier alpha value is -2.43. The van der Waals surface area contributed by atoms with Gasteiger partial charge < -0.3 is 10.6 Å². The van der Waals surface area contributed by atoms with E-state index in [0.29, 0.717) is 11.7 Å². The summed E-state index contributed by atoms with van der Waals surface area (Å²) < 4.78 is 0. The third-order valence-electron chi connectivity index (χ3n) is 4.14. The van der Waals surface area contributed by atoms with E-state index < -0.39 is 0 Å². The van der Waals surface area contributed by atoms with Gasteiger partial charge in [0.1, 0.15) is 5.82 Å². The largest absolute Gasteiger partial charge is 0.366 e. The van der Waals surface area contributed by atoms with Crippen molar-refractivity contribution in [1.82, 2.24) is 10.2 Å². The number of amides is 1. The smallest absolute Gasteiger partial charge is 0.276 e. The van der Waals surface area contributed by atoms with Gasteiger partial charge in [0, 0.05) is 11.7 Å². The molecule has 0 spiro atoms. The number of hydrogen-bond acceptors (Lipinski definition) is 4. The highest BCUT2D eigenvalue weighted by atomic mass is 16.1. The summed E-state index contributed by atoms with van der Waals surface area (Å²) in [5.41, 5.74) is 1.07. The molecule has 1 heterocycles. The molecule has 1 amide bonds. The second kappa shape index (κ2) is 7.72. The number of benzene rings is 1. The normalized spacial score (nSPS) is 15.7. The van der Waals surface area contributed by atoms with E-state index in [4.69, 9.17) is 0 Å².